The number of rotatable bonds is 12. The number of fused-ring (bicyclic) bond motifs is 1. The molecule has 2 aromatic heterocycles. The minimum atomic E-state index is -0.985. The van der Waals surface area contributed by atoms with Gasteiger partial charge in [0.1, 0.15) is 12.7 Å². The van der Waals surface area contributed by atoms with Crippen LogP contribution in [-0.2, 0) is 35.1 Å². The van der Waals surface area contributed by atoms with Gasteiger partial charge in [-0.1, -0.05) is 62.4 Å². The first-order chi connectivity index (χ1) is 21.7. The second kappa shape index (κ2) is 14.3. The summed E-state index contributed by atoms with van der Waals surface area (Å²) in [5.74, 6) is -2.31. The Bertz CT molecular complexity index is 1690. The summed E-state index contributed by atoms with van der Waals surface area (Å²) in [6, 6.07) is 18.3. The van der Waals surface area contributed by atoms with Crippen LogP contribution in [0.3, 0.4) is 0 Å². The van der Waals surface area contributed by atoms with Crippen molar-refractivity contribution in [2.24, 2.45) is 11.8 Å². The third kappa shape index (κ3) is 7.62. The van der Waals surface area contributed by atoms with Gasteiger partial charge < -0.3 is 18.9 Å². The minimum absolute atomic E-state index is 0.00409. The fraction of sp³-hybridized carbons (Fsp3) is 0.375. The Kier molecular flexibility index (Phi) is 10.0. The van der Waals surface area contributed by atoms with Gasteiger partial charge in [-0.15, -0.1) is 0 Å². The van der Waals surface area contributed by atoms with Crippen molar-refractivity contribution in [3.05, 3.63) is 88.5 Å². The van der Waals surface area contributed by atoms with Crippen LogP contribution in [-0.4, -0.2) is 62.8 Å². The first kappa shape index (κ1) is 31.5. The molecule has 1 aliphatic rings. The number of amides is 1. The molecule has 4 atom stereocenters. The first-order valence-electron chi connectivity index (χ1n) is 14.7. The van der Waals surface area contributed by atoms with E-state index in [2.05, 4.69) is 20.3 Å². The summed E-state index contributed by atoms with van der Waals surface area (Å²) in [5.41, 5.74) is 0.931. The molecule has 0 unspecified atom stereocenters. The molecular weight excluding hydrogens is 582 g/mol. The van der Waals surface area contributed by atoms with E-state index in [0.29, 0.717) is 25.2 Å². The number of nitrogens with zero attached hydrogens (tertiary/aromatic N) is 3. The van der Waals surface area contributed by atoms with Crippen molar-refractivity contribution in [3.63, 3.8) is 0 Å². The molecule has 0 bridgehead atoms. The normalized spacial score (nSPS) is 19.5. The molecule has 0 radical (unpaired) electrons. The summed E-state index contributed by atoms with van der Waals surface area (Å²) < 4.78 is 25.3. The summed E-state index contributed by atoms with van der Waals surface area (Å²) in [4.78, 5) is 61.5. The lowest BCUT2D eigenvalue weighted by molar-refractivity contribution is -0.154. The van der Waals surface area contributed by atoms with E-state index in [9.17, 15) is 19.2 Å². The van der Waals surface area contributed by atoms with Gasteiger partial charge in [0.2, 0.25) is 11.9 Å². The first-order valence-corrected chi connectivity index (χ1v) is 14.7. The number of benzene rings is 2. The van der Waals surface area contributed by atoms with Crippen molar-refractivity contribution >= 4 is 35.0 Å². The molecule has 1 aliphatic heterocycles. The summed E-state index contributed by atoms with van der Waals surface area (Å²) in [6.07, 6.45) is -0.821. The van der Waals surface area contributed by atoms with E-state index in [1.807, 2.05) is 30.3 Å². The number of carbonyl (C=O) groups is 3. The van der Waals surface area contributed by atoms with E-state index in [-0.39, 0.29) is 35.5 Å². The van der Waals surface area contributed by atoms with Gasteiger partial charge in [-0.05, 0) is 24.1 Å². The lowest BCUT2D eigenvalue weighted by atomic mass is 9.94. The van der Waals surface area contributed by atoms with E-state index in [0.717, 1.165) is 5.56 Å². The highest BCUT2D eigenvalue weighted by molar-refractivity contribution is 5.91. The van der Waals surface area contributed by atoms with E-state index in [4.69, 9.17) is 18.9 Å². The molecule has 0 spiro atoms. The summed E-state index contributed by atoms with van der Waals surface area (Å²) in [5, 5.41) is 2.59. The predicted molar refractivity (Wildman–Crippen MR) is 162 cm³/mol. The average molecular weight is 618 g/mol. The quantitative estimate of drug-likeness (QED) is 0.177. The largest absolute Gasteiger partial charge is 0.459 e. The van der Waals surface area contributed by atoms with Gasteiger partial charge in [-0.3, -0.25) is 29.3 Å². The van der Waals surface area contributed by atoms with Crippen molar-refractivity contribution in [1.29, 1.82) is 0 Å². The molecule has 5 rings (SSSR count). The molecule has 1 fully saturated rings. The lowest BCUT2D eigenvalue weighted by Crippen LogP contribution is -2.34. The molecule has 13 heteroatoms. The fourth-order valence-electron chi connectivity index (χ4n) is 5.09. The fourth-order valence-corrected chi connectivity index (χ4v) is 5.09. The molecule has 0 saturated carbocycles. The number of esters is 2. The standard InChI is InChI=1S/C32H35N5O8/c1-19(2)28(39)35-32-34-27-25(29(40)36-32)33-18-37(27)30-26(44-20(3)38)23(14-15-42-16-21-10-6-4-7-11-21)24(45-30)17-43-31(41)22-12-8-5-9-13-22/h4-13,18-19,23-24,26,30H,14-17H2,1-3H3,(H2,34,35,36,39,40)/t23-,24-,26-,30-/m1/s1. The zero-order valence-electron chi connectivity index (χ0n) is 25.2. The molecule has 2 N–H and O–H groups in total. The van der Waals surface area contributed by atoms with Crippen LogP contribution >= 0.6 is 0 Å². The number of imidazole rings is 1. The highest BCUT2D eigenvalue weighted by Gasteiger charge is 2.48. The number of hydrogen-bond acceptors (Lipinski definition) is 10. The van der Waals surface area contributed by atoms with E-state index in [1.165, 1.54) is 17.8 Å². The Hall–Kier alpha value is -4.88. The van der Waals surface area contributed by atoms with E-state index >= 15 is 0 Å². The van der Waals surface area contributed by atoms with Crippen LogP contribution in [0.15, 0.2) is 71.8 Å². The highest BCUT2D eigenvalue weighted by Crippen LogP contribution is 2.39. The van der Waals surface area contributed by atoms with Gasteiger partial charge in [0.25, 0.3) is 5.56 Å². The van der Waals surface area contributed by atoms with Crippen molar-refractivity contribution in [3.8, 4) is 0 Å². The maximum atomic E-state index is 12.8. The van der Waals surface area contributed by atoms with Crippen LogP contribution < -0.4 is 10.9 Å². The van der Waals surface area contributed by atoms with Gasteiger partial charge in [-0.2, -0.15) is 4.98 Å². The average Bonchev–Trinajstić information content (AvgIpc) is 3.60. The van der Waals surface area contributed by atoms with Crippen molar-refractivity contribution < 1.29 is 33.3 Å². The third-order valence-electron chi connectivity index (χ3n) is 7.36. The van der Waals surface area contributed by atoms with E-state index < -0.39 is 41.9 Å². The van der Waals surface area contributed by atoms with Crippen LogP contribution in [0.2, 0.25) is 0 Å². The molecule has 236 valence electrons. The SMILES string of the molecule is CC(=O)O[C@@H]1[C@H](CCOCc2ccccc2)[C@@H](COC(=O)c2ccccc2)O[C@H]1n1cnc2c(=O)[nH]c(NC(=O)C(C)C)nc21. The third-order valence-corrected chi connectivity index (χ3v) is 7.36. The number of aromatic nitrogens is 4. The number of H-pyrrole nitrogens is 1. The van der Waals surface area contributed by atoms with Crippen LogP contribution in [0.1, 0.15) is 49.3 Å². The van der Waals surface area contributed by atoms with Gasteiger partial charge in [0.05, 0.1) is 18.5 Å². The molecule has 1 amide bonds. The zero-order valence-corrected chi connectivity index (χ0v) is 25.2. The second-order valence-electron chi connectivity index (χ2n) is 11.0. The summed E-state index contributed by atoms with van der Waals surface area (Å²) in [6.45, 7) is 5.25. The summed E-state index contributed by atoms with van der Waals surface area (Å²) >= 11 is 0. The minimum Gasteiger partial charge on any atom is -0.459 e. The lowest BCUT2D eigenvalue weighted by Gasteiger charge is -2.24. The predicted octanol–water partition coefficient (Wildman–Crippen LogP) is 3.62. The molecule has 3 heterocycles. The number of carbonyl (C=O) groups excluding carboxylic acids is 3. The Labute approximate surface area is 258 Å². The topological polar surface area (TPSA) is 164 Å². The molecule has 2 aromatic carbocycles. The second-order valence-corrected chi connectivity index (χ2v) is 11.0. The van der Waals surface area contributed by atoms with Crippen LogP contribution in [0.4, 0.5) is 5.95 Å². The molecule has 1 saturated heterocycles. The number of hydrogen-bond donors (Lipinski definition) is 2. The molecule has 0 aliphatic carbocycles. The number of anilines is 1. The van der Waals surface area contributed by atoms with Gasteiger partial charge in [0, 0.05) is 25.4 Å². The Morgan fingerprint density at radius 3 is 2.47 bits per heavy atom. The highest BCUT2D eigenvalue weighted by atomic mass is 16.6. The smallest absolute Gasteiger partial charge is 0.338 e. The van der Waals surface area contributed by atoms with E-state index in [1.54, 1.807) is 44.2 Å². The van der Waals surface area contributed by atoms with Crippen molar-refractivity contribution in [2.75, 3.05) is 18.5 Å². The molecule has 45 heavy (non-hydrogen) atoms. The Morgan fingerprint density at radius 1 is 1.07 bits per heavy atom. The monoisotopic (exact) mass is 617 g/mol. The maximum absolute atomic E-state index is 12.8. The molecule has 13 nitrogen and oxygen atoms in total. The van der Waals surface area contributed by atoms with Gasteiger partial charge >= 0.3 is 11.9 Å². The van der Waals surface area contributed by atoms with Crippen LogP contribution in [0, 0.1) is 11.8 Å². The Balaban J connectivity index is 1.43. The van der Waals surface area contributed by atoms with Crippen molar-refractivity contribution in [2.45, 2.75) is 52.2 Å². The number of ether oxygens (including phenoxy) is 4. The van der Waals surface area contributed by atoms with Gasteiger partial charge in [0.15, 0.2) is 23.5 Å². The van der Waals surface area contributed by atoms with Crippen molar-refractivity contribution in [1.82, 2.24) is 19.5 Å². The maximum Gasteiger partial charge on any atom is 0.338 e. The van der Waals surface area contributed by atoms with Crippen LogP contribution in [0.5, 0.6) is 0 Å². The molecular formula is C32H35N5O8. The number of aromatic amines is 1. The Morgan fingerprint density at radius 2 is 1.78 bits per heavy atom. The van der Waals surface area contributed by atoms with Crippen LogP contribution in [0.25, 0.3) is 11.2 Å². The summed E-state index contributed by atoms with van der Waals surface area (Å²) in [7, 11) is 0. The van der Waals surface area contributed by atoms with Gasteiger partial charge in [-0.25, -0.2) is 9.78 Å². The molecule has 4 aromatic rings. The number of nitrogens with one attached hydrogen (secondary N) is 2. The zero-order chi connectivity index (χ0) is 31.9.